The highest BCUT2D eigenvalue weighted by Gasteiger charge is 2.24. The van der Waals surface area contributed by atoms with Crippen molar-refractivity contribution in [1.82, 2.24) is 5.32 Å². The van der Waals surface area contributed by atoms with Crippen LogP contribution < -0.4 is 20.5 Å². The fraction of sp³-hybridized carbons (Fsp3) is 0.500. The summed E-state index contributed by atoms with van der Waals surface area (Å²) in [5.41, 5.74) is 5.47. The van der Waals surface area contributed by atoms with E-state index in [-0.39, 0.29) is 0 Å². The number of primary amides is 1. The largest absolute Gasteiger partial charge is 0.493 e. The summed E-state index contributed by atoms with van der Waals surface area (Å²) in [6.07, 6.45) is 0. The lowest BCUT2D eigenvalue weighted by molar-refractivity contribution is -0.123. The van der Waals surface area contributed by atoms with Crippen LogP contribution in [-0.2, 0) is 11.3 Å². The number of benzene rings is 1. The number of carbonyl (C=O) groups excluding carboxylic acids is 1. The van der Waals surface area contributed by atoms with Gasteiger partial charge in [-0.25, -0.2) is 0 Å². The molecule has 106 valence electrons. The van der Waals surface area contributed by atoms with Crippen LogP contribution in [0.15, 0.2) is 18.2 Å². The van der Waals surface area contributed by atoms with Gasteiger partial charge in [0.05, 0.1) is 19.3 Å². The van der Waals surface area contributed by atoms with Crippen LogP contribution in [0.3, 0.4) is 0 Å². The number of hydrogen-bond acceptors (Lipinski definition) is 4. The topological polar surface area (TPSA) is 73.6 Å². The van der Waals surface area contributed by atoms with Gasteiger partial charge >= 0.3 is 0 Å². The van der Waals surface area contributed by atoms with E-state index < -0.39 is 11.4 Å². The lowest BCUT2D eigenvalue weighted by Gasteiger charge is -2.23. The first-order valence-corrected chi connectivity index (χ1v) is 6.26. The van der Waals surface area contributed by atoms with Gasteiger partial charge in [0.25, 0.3) is 0 Å². The molecule has 1 amide bonds. The molecule has 0 saturated heterocycles. The van der Waals surface area contributed by atoms with E-state index in [0.717, 1.165) is 5.56 Å². The maximum absolute atomic E-state index is 11.3. The number of para-hydroxylation sites is 1. The van der Waals surface area contributed by atoms with Gasteiger partial charge < -0.3 is 15.2 Å². The number of rotatable bonds is 7. The molecule has 3 N–H and O–H groups in total. The molecule has 5 heteroatoms. The molecule has 0 heterocycles. The maximum Gasteiger partial charge on any atom is 0.237 e. The van der Waals surface area contributed by atoms with Crippen molar-refractivity contribution < 1.29 is 14.3 Å². The van der Waals surface area contributed by atoms with Gasteiger partial charge in [-0.2, -0.15) is 0 Å². The van der Waals surface area contributed by atoms with Crippen molar-refractivity contribution in [3.63, 3.8) is 0 Å². The van der Waals surface area contributed by atoms with Crippen LogP contribution in [0.2, 0.25) is 0 Å². The molecule has 0 saturated carbocycles. The van der Waals surface area contributed by atoms with Gasteiger partial charge in [-0.1, -0.05) is 12.1 Å². The summed E-state index contributed by atoms with van der Waals surface area (Å²) in [5.74, 6) is 0.978. The van der Waals surface area contributed by atoms with Crippen LogP contribution in [0.25, 0.3) is 0 Å². The molecule has 5 nitrogen and oxygen atoms in total. The molecule has 0 radical (unpaired) electrons. The van der Waals surface area contributed by atoms with Gasteiger partial charge in [0, 0.05) is 12.1 Å². The second kappa shape index (κ2) is 6.43. The smallest absolute Gasteiger partial charge is 0.237 e. The molecule has 0 bridgehead atoms. The summed E-state index contributed by atoms with van der Waals surface area (Å²) in [4.78, 5) is 11.3. The Kier molecular flexibility index (Phi) is 5.18. The quantitative estimate of drug-likeness (QED) is 0.783. The van der Waals surface area contributed by atoms with Gasteiger partial charge in [-0.15, -0.1) is 0 Å². The number of nitrogens with one attached hydrogen (secondary N) is 1. The zero-order chi connectivity index (χ0) is 14.5. The first-order chi connectivity index (χ1) is 8.92. The van der Waals surface area contributed by atoms with E-state index >= 15 is 0 Å². The summed E-state index contributed by atoms with van der Waals surface area (Å²) in [6.45, 7) is 6.45. The Morgan fingerprint density at radius 3 is 2.63 bits per heavy atom. The normalized spacial score (nSPS) is 11.2. The van der Waals surface area contributed by atoms with Crippen LogP contribution in [-0.4, -0.2) is 25.2 Å². The van der Waals surface area contributed by atoms with Gasteiger partial charge in [0.15, 0.2) is 11.5 Å². The molecule has 0 aliphatic rings. The average Bonchev–Trinajstić information content (AvgIpc) is 2.36. The molecule has 1 aromatic rings. The van der Waals surface area contributed by atoms with Crippen molar-refractivity contribution in [2.24, 2.45) is 5.73 Å². The summed E-state index contributed by atoms with van der Waals surface area (Å²) in [5, 5.41) is 3.11. The Labute approximate surface area is 114 Å². The van der Waals surface area contributed by atoms with Gasteiger partial charge in [0.2, 0.25) is 5.91 Å². The fourth-order valence-corrected chi connectivity index (χ4v) is 1.60. The Morgan fingerprint density at radius 1 is 1.42 bits per heavy atom. The molecule has 1 aromatic carbocycles. The van der Waals surface area contributed by atoms with E-state index in [4.69, 9.17) is 15.2 Å². The van der Waals surface area contributed by atoms with Crippen molar-refractivity contribution >= 4 is 5.91 Å². The lowest BCUT2D eigenvalue weighted by Crippen LogP contribution is -2.50. The molecule has 0 aliphatic heterocycles. The van der Waals surface area contributed by atoms with Gasteiger partial charge in [-0.05, 0) is 26.8 Å². The van der Waals surface area contributed by atoms with Crippen LogP contribution in [0.5, 0.6) is 11.5 Å². The zero-order valence-electron chi connectivity index (χ0n) is 11.9. The van der Waals surface area contributed by atoms with Crippen molar-refractivity contribution in [3.05, 3.63) is 23.8 Å². The summed E-state index contributed by atoms with van der Waals surface area (Å²) in [6, 6.07) is 5.66. The number of hydrogen-bond donors (Lipinski definition) is 2. The van der Waals surface area contributed by atoms with Gasteiger partial charge in [0.1, 0.15) is 0 Å². The number of amides is 1. The number of ether oxygens (including phenoxy) is 2. The van der Waals surface area contributed by atoms with Gasteiger partial charge in [-0.3, -0.25) is 10.1 Å². The minimum atomic E-state index is -0.771. The number of methoxy groups -OCH3 is 1. The predicted molar refractivity (Wildman–Crippen MR) is 74.3 cm³/mol. The number of carbonyl (C=O) groups is 1. The highest BCUT2D eigenvalue weighted by Crippen LogP contribution is 2.31. The van der Waals surface area contributed by atoms with Crippen LogP contribution in [0.1, 0.15) is 26.3 Å². The Morgan fingerprint density at radius 2 is 2.11 bits per heavy atom. The Bertz CT molecular complexity index is 444. The van der Waals surface area contributed by atoms with E-state index in [1.165, 1.54) is 0 Å². The predicted octanol–water partition coefficient (Wildman–Crippen LogP) is 1.45. The SMILES string of the molecule is CCOc1cccc(CNC(C)(C)C(N)=O)c1OC. The Hall–Kier alpha value is -1.75. The molecule has 1 rings (SSSR count). The molecule has 0 spiro atoms. The third-order valence-electron chi connectivity index (χ3n) is 2.90. The zero-order valence-corrected chi connectivity index (χ0v) is 11.9. The third-order valence-corrected chi connectivity index (χ3v) is 2.90. The highest BCUT2D eigenvalue weighted by atomic mass is 16.5. The fourth-order valence-electron chi connectivity index (χ4n) is 1.60. The molecule has 0 fully saturated rings. The second-order valence-corrected chi connectivity index (χ2v) is 4.72. The molecule has 19 heavy (non-hydrogen) atoms. The van der Waals surface area contributed by atoms with E-state index in [1.54, 1.807) is 21.0 Å². The van der Waals surface area contributed by atoms with Crippen molar-refractivity contribution in [3.8, 4) is 11.5 Å². The third kappa shape index (κ3) is 3.86. The molecule has 0 atom stereocenters. The van der Waals surface area contributed by atoms with Crippen molar-refractivity contribution in [2.75, 3.05) is 13.7 Å². The first-order valence-electron chi connectivity index (χ1n) is 6.26. The molecule has 0 aromatic heterocycles. The average molecular weight is 266 g/mol. The van der Waals surface area contributed by atoms with E-state index in [9.17, 15) is 4.79 Å². The highest BCUT2D eigenvalue weighted by molar-refractivity contribution is 5.83. The molecule has 0 unspecified atom stereocenters. The minimum Gasteiger partial charge on any atom is -0.493 e. The van der Waals surface area contributed by atoms with E-state index in [2.05, 4.69) is 5.32 Å². The van der Waals surface area contributed by atoms with Crippen LogP contribution in [0, 0.1) is 0 Å². The van der Waals surface area contributed by atoms with Crippen LogP contribution in [0.4, 0.5) is 0 Å². The summed E-state index contributed by atoms with van der Waals surface area (Å²) in [7, 11) is 1.60. The molecule has 0 aliphatic carbocycles. The van der Waals surface area contributed by atoms with Crippen LogP contribution >= 0.6 is 0 Å². The molecular formula is C14H22N2O3. The summed E-state index contributed by atoms with van der Waals surface area (Å²) < 4.78 is 10.9. The summed E-state index contributed by atoms with van der Waals surface area (Å²) >= 11 is 0. The molecular weight excluding hydrogens is 244 g/mol. The van der Waals surface area contributed by atoms with E-state index in [0.29, 0.717) is 24.7 Å². The minimum absolute atomic E-state index is 0.396. The monoisotopic (exact) mass is 266 g/mol. The van der Waals surface area contributed by atoms with Crippen molar-refractivity contribution in [2.45, 2.75) is 32.9 Å². The van der Waals surface area contributed by atoms with Crippen molar-refractivity contribution in [1.29, 1.82) is 0 Å². The first kappa shape index (κ1) is 15.3. The maximum atomic E-state index is 11.3. The second-order valence-electron chi connectivity index (χ2n) is 4.72. The Balaban J connectivity index is 2.89. The lowest BCUT2D eigenvalue weighted by atomic mass is 10.0. The van der Waals surface area contributed by atoms with E-state index in [1.807, 2.05) is 25.1 Å². The standard InChI is InChI=1S/C14H22N2O3/c1-5-19-11-8-6-7-10(12(11)18-4)9-16-14(2,3)13(15)17/h6-8,16H,5,9H2,1-4H3,(H2,15,17). The number of nitrogens with two attached hydrogens (primary N) is 1.